The molecule has 2 aromatic rings. The van der Waals surface area contributed by atoms with Crippen LogP contribution in [0, 0.1) is 0 Å². The Morgan fingerprint density at radius 3 is 2.48 bits per heavy atom. The van der Waals surface area contributed by atoms with E-state index >= 15 is 0 Å². The first-order valence-corrected chi connectivity index (χ1v) is 5.39. The van der Waals surface area contributed by atoms with Crippen molar-refractivity contribution in [1.29, 1.82) is 0 Å². The quantitative estimate of drug-likeness (QED) is 0.881. The van der Waals surface area contributed by atoms with Crippen molar-refractivity contribution >= 4 is 16.9 Å². The summed E-state index contributed by atoms with van der Waals surface area (Å²) < 4.78 is 67.0. The molecular formula is C12H6F5NO3. The van der Waals surface area contributed by atoms with Crippen LogP contribution in [-0.2, 0) is 6.18 Å². The number of carboxylic acid groups (broad SMARTS) is 1. The zero-order valence-corrected chi connectivity index (χ0v) is 9.99. The Hall–Kier alpha value is -2.45. The summed E-state index contributed by atoms with van der Waals surface area (Å²) in [6.07, 6.45) is -4.94. The van der Waals surface area contributed by atoms with Crippen molar-refractivity contribution in [2.75, 3.05) is 0 Å². The van der Waals surface area contributed by atoms with Crippen LogP contribution < -0.4 is 4.74 Å². The Morgan fingerprint density at radius 1 is 1.29 bits per heavy atom. The molecule has 0 unspecified atom stereocenters. The number of ether oxygens (including phenoxy) is 1. The summed E-state index contributed by atoms with van der Waals surface area (Å²) in [5.74, 6) is -2.42. The molecule has 1 aromatic heterocycles. The molecule has 112 valence electrons. The van der Waals surface area contributed by atoms with Gasteiger partial charge < -0.3 is 9.84 Å². The molecule has 0 atom stereocenters. The largest absolute Gasteiger partial charge is 0.476 e. The predicted molar refractivity (Wildman–Crippen MR) is 60.3 cm³/mol. The Labute approximate surface area is 113 Å². The van der Waals surface area contributed by atoms with E-state index in [1.54, 1.807) is 0 Å². The standard InChI is InChI=1S/C12H6F5NO3/c13-11(14)21-7-3-1-2-5-4-6(12(15,16)17)9(10(19)20)18-8(5)7/h1-4,11H,(H,19,20). The van der Waals surface area contributed by atoms with Gasteiger partial charge in [-0.25, -0.2) is 9.78 Å². The predicted octanol–water partition coefficient (Wildman–Crippen LogP) is 3.55. The van der Waals surface area contributed by atoms with Crippen LogP contribution in [0.1, 0.15) is 16.1 Å². The number of rotatable bonds is 3. The van der Waals surface area contributed by atoms with E-state index in [1.165, 1.54) is 12.1 Å². The van der Waals surface area contributed by atoms with Crippen LogP contribution in [0.4, 0.5) is 22.0 Å². The summed E-state index contributed by atoms with van der Waals surface area (Å²) in [6, 6.07) is 3.97. The highest BCUT2D eigenvalue weighted by molar-refractivity contribution is 5.93. The van der Waals surface area contributed by atoms with Crippen molar-refractivity contribution in [3.8, 4) is 5.75 Å². The molecule has 0 spiro atoms. The molecule has 0 aliphatic carbocycles. The maximum Gasteiger partial charge on any atom is 0.418 e. The van der Waals surface area contributed by atoms with Crippen LogP contribution in [0.15, 0.2) is 24.3 Å². The molecule has 0 amide bonds. The lowest BCUT2D eigenvalue weighted by Gasteiger charge is -2.13. The van der Waals surface area contributed by atoms with Gasteiger partial charge in [0.1, 0.15) is 5.52 Å². The third kappa shape index (κ3) is 3.01. The van der Waals surface area contributed by atoms with Crippen LogP contribution in [0.25, 0.3) is 10.9 Å². The van der Waals surface area contributed by atoms with Gasteiger partial charge >= 0.3 is 18.8 Å². The summed E-state index contributed by atoms with van der Waals surface area (Å²) in [4.78, 5) is 14.2. The molecule has 0 fully saturated rings. The third-order valence-corrected chi connectivity index (χ3v) is 2.53. The molecule has 0 radical (unpaired) electrons. The number of benzene rings is 1. The minimum atomic E-state index is -4.94. The van der Waals surface area contributed by atoms with Crippen molar-refractivity contribution in [3.63, 3.8) is 0 Å². The maximum atomic E-state index is 12.8. The lowest BCUT2D eigenvalue weighted by Crippen LogP contribution is -2.15. The van der Waals surface area contributed by atoms with E-state index < -0.39 is 35.8 Å². The van der Waals surface area contributed by atoms with Gasteiger partial charge in [0.25, 0.3) is 0 Å². The number of pyridine rings is 1. The van der Waals surface area contributed by atoms with Gasteiger partial charge in [-0.1, -0.05) is 12.1 Å². The molecule has 1 heterocycles. The molecule has 1 N–H and O–H groups in total. The zero-order valence-electron chi connectivity index (χ0n) is 9.99. The number of nitrogens with zero attached hydrogens (tertiary/aromatic N) is 1. The van der Waals surface area contributed by atoms with E-state index in [4.69, 9.17) is 5.11 Å². The van der Waals surface area contributed by atoms with E-state index in [1.807, 2.05) is 0 Å². The van der Waals surface area contributed by atoms with Crippen LogP contribution in [-0.4, -0.2) is 22.7 Å². The van der Waals surface area contributed by atoms with Gasteiger partial charge in [-0.15, -0.1) is 0 Å². The Morgan fingerprint density at radius 2 is 1.95 bits per heavy atom. The Balaban J connectivity index is 2.75. The van der Waals surface area contributed by atoms with Gasteiger partial charge in [-0.2, -0.15) is 22.0 Å². The number of carbonyl (C=O) groups is 1. The first kappa shape index (κ1) is 14.9. The topological polar surface area (TPSA) is 59.4 Å². The van der Waals surface area contributed by atoms with Gasteiger partial charge in [-0.3, -0.25) is 0 Å². The third-order valence-electron chi connectivity index (χ3n) is 2.53. The van der Waals surface area contributed by atoms with E-state index in [0.717, 1.165) is 6.07 Å². The van der Waals surface area contributed by atoms with Crippen molar-refractivity contribution in [2.45, 2.75) is 12.8 Å². The van der Waals surface area contributed by atoms with E-state index in [0.29, 0.717) is 6.07 Å². The Kier molecular flexibility index (Phi) is 3.67. The SMILES string of the molecule is O=C(O)c1nc2c(OC(F)F)cccc2cc1C(F)(F)F. The summed E-state index contributed by atoms with van der Waals surface area (Å²) >= 11 is 0. The highest BCUT2D eigenvalue weighted by atomic mass is 19.4. The second-order valence-electron chi connectivity index (χ2n) is 3.89. The average molecular weight is 307 g/mol. The van der Waals surface area contributed by atoms with Crippen molar-refractivity contribution < 1.29 is 36.6 Å². The average Bonchev–Trinajstić information content (AvgIpc) is 2.35. The second kappa shape index (κ2) is 5.15. The molecular weight excluding hydrogens is 301 g/mol. The Bertz CT molecular complexity index is 699. The second-order valence-corrected chi connectivity index (χ2v) is 3.89. The summed E-state index contributed by atoms with van der Waals surface area (Å²) in [7, 11) is 0. The minimum absolute atomic E-state index is 0.162. The molecule has 0 aliphatic rings. The number of halogens is 5. The molecule has 0 saturated carbocycles. The van der Waals surface area contributed by atoms with Crippen LogP contribution in [0.5, 0.6) is 5.75 Å². The molecule has 1 aromatic carbocycles. The van der Waals surface area contributed by atoms with E-state index in [-0.39, 0.29) is 10.9 Å². The van der Waals surface area contributed by atoms with Crippen molar-refractivity contribution in [2.24, 2.45) is 0 Å². The van der Waals surface area contributed by atoms with Gasteiger partial charge in [0.2, 0.25) is 0 Å². The van der Waals surface area contributed by atoms with Gasteiger partial charge in [0, 0.05) is 5.39 Å². The number of aromatic carboxylic acids is 1. The van der Waals surface area contributed by atoms with Crippen LogP contribution in [0.3, 0.4) is 0 Å². The van der Waals surface area contributed by atoms with Gasteiger partial charge in [0.05, 0.1) is 5.56 Å². The minimum Gasteiger partial charge on any atom is -0.476 e. The van der Waals surface area contributed by atoms with Crippen molar-refractivity contribution in [3.05, 3.63) is 35.5 Å². The number of hydrogen-bond donors (Lipinski definition) is 1. The number of carboxylic acids is 1. The maximum absolute atomic E-state index is 12.8. The molecule has 0 aliphatic heterocycles. The number of aromatic nitrogens is 1. The lowest BCUT2D eigenvalue weighted by atomic mass is 10.1. The monoisotopic (exact) mass is 307 g/mol. The normalized spacial score (nSPS) is 11.9. The fraction of sp³-hybridized carbons (Fsp3) is 0.167. The molecule has 2 rings (SSSR count). The molecule has 4 nitrogen and oxygen atoms in total. The molecule has 21 heavy (non-hydrogen) atoms. The lowest BCUT2D eigenvalue weighted by molar-refractivity contribution is -0.138. The summed E-state index contributed by atoms with van der Waals surface area (Å²) in [5.41, 5.74) is -3.12. The number of fused-ring (bicyclic) bond motifs is 1. The summed E-state index contributed by atoms with van der Waals surface area (Å²) in [5, 5.41) is 8.65. The first-order valence-electron chi connectivity index (χ1n) is 5.39. The smallest absolute Gasteiger partial charge is 0.418 e. The molecule has 0 saturated heterocycles. The fourth-order valence-electron chi connectivity index (χ4n) is 1.74. The highest BCUT2D eigenvalue weighted by Crippen LogP contribution is 2.35. The summed E-state index contributed by atoms with van der Waals surface area (Å²) in [6.45, 7) is -3.21. The van der Waals surface area contributed by atoms with Crippen molar-refractivity contribution in [1.82, 2.24) is 4.98 Å². The molecule has 0 bridgehead atoms. The zero-order chi connectivity index (χ0) is 15.8. The van der Waals surface area contributed by atoms with Gasteiger partial charge in [-0.05, 0) is 12.1 Å². The van der Waals surface area contributed by atoms with Crippen LogP contribution in [0.2, 0.25) is 0 Å². The molecule has 9 heteroatoms. The fourth-order valence-corrected chi connectivity index (χ4v) is 1.74. The van der Waals surface area contributed by atoms with E-state index in [9.17, 15) is 26.7 Å². The van der Waals surface area contributed by atoms with Gasteiger partial charge in [0.15, 0.2) is 11.4 Å². The van der Waals surface area contributed by atoms with E-state index in [2.05, 4.69) is 9.72 Å². The van der Waals surface area contributed by atoms with Crippen LogP contribution >= 0.6 is 0 Å². The first-order chi connectivity index (χ1) is 9.70. The number of hydrogen-bond acceptors (Lipinski definition) is 3. The number of para-hydroxylation sites is 1. The highest BCUT2D eigenvalue weighted by Gasteiger charge is 2.37. The number of alkyl halides is 5.